The quantitative estimate of drug-likeness (QED) is 0.0660. The van der Waals surface area contributed by atoms with Crippen molar-refractivity contribution in [1.29, 1.82) is 0 Å². The molecule has 3 unspecified atom stereocenters. The molecule has 0 fully saturated rings. The summed E-state index contributed by atoms with van der Waals surface area (Å²) in [5, 5.41) is 20.2. The van der Waals surface area contributed by atoms with Crippen LogP contribution >= 0.6 is 35.6 Å². The third-order valence-electron chi connectivity index (χ3n) is 12.2. The van der Waals surface area contributed by atoms with Crippen LogP contribution in [0.4, 0.5) is 0 Å². The number of quaternary nitrogens is 1. The number of aromatic amines is 2. The first-order chi connectivity index (χ1) is 26.8. The Labute approximate surface area is 368 Å². The van der Waals surface area contributed by atoms with Crippen molar-refractivity contribution in [3.05, 3.63) is 117 Å². The molecule has 2 aromatic heterocycles. The van der Waals surface area contributed by atoms with Crippen LogP contribution in [0.3, 0.4) is 0 Å². The van der Waals surface area contributed by atoms with Gasteiger partial charge in [-0.25, -0.2) is 0 Å². The van der Waals surface area contributed by atoms with Crippen molar-refractivity contribution in [3.8, 4) is 0 Å². The SMILES string of the molecule is CC(C)(CCCCCC(c1ccccc1Cl)N1CCc2[nH]ccc2C1)C(=O)O.CC(C)(CCCCCC(c1ccccc1Cl)[NH+]1CCc2[nH]ccc2C1)C(=O)O.Cl.[Cl-]. The molecule has 12 heteroatoms. The molecule has 3 atom stereocenters. The number of benzene rings is 2. The van der Waals surface area contributed by atoms with Gasteiger partial charge in [0, 0.05) is 83.3 Å². The van der Waals surface area contributed by atoms with Gasteiger partial charge < -0.3 is 37.5 Å². The Balaban J connectivity index is 0.000000300. The molecular weight excluding hydrogens is 814 g/mol. The van der Waals surface area contributed by atoms with Crippen LogP contribution in [-0.4, -0.2) is 50.1 Å². The second kappa shape index (κ2) is 23.1. The van der Waals surface area contributed by atoms with Gasteiger partial charge in [0.15, 0.2) is 0 Å². The van der Waals surface area contributed by atoms with Crippen molar-refractivity contribution in [2.45, 2.75) is 130 Å². The van der Waals surface area contributed by atoms with Gasteiger partial charge in [-0.3, -0.25) is 14.5 Å². The third-order valence-corrected chi connectivity index (χ3v) is 12.9. The lowest BCUT2D eigenvalue weighted by molar-refractivity contribution is -0.947. The summed E-state index contributed by atoms with van der Waals surface area (Å²) in [6.45, 7) is 11.4. The number of hydrogen-bond donors (Lipinski definition) is 5. The van der Waals surface area contributed by atoms with Gasteiger partial charge in [-0.2, -0.15) is 0 Å². The highest BCUT2D eigenvalue weighted by molar-refractivity contribution is 6.31. The molecule has 8 nitrogen and oxygen atoms in total. The number of carboxylic acids is 2. The topological polar surface area (TPSA) is 114 Å². The van der Waals surface area contributed by atoms with Crippen LogP contribution in [0.15, 0.2) is 73.1 Å². The zero-order valence-corrected chi connectivity index (χ0v) is 37.7. The van der Waals surface area contributed by atoms with Crippen molar-refractivity contribution < 1.29 is 37.1 Å². The van der Waals surface area contributed by atoms with E-state index in [2.05, 4.69) is 51.3 Å². The standard InChI is InChI=1S/2C23H31ClN2O2.2ClH/c2*1-23(2,22(27)28)13-7-3-4-10-21(18-8-5-6-9-19(18)24)26-15-12-20-17(16-26)11-14-25-20;;/h2*5-6,8-9,11,14,21,25H,3-4,7,10,12-13,15-16H2,1-2H3,(H,27,28);2*1H. The van der Waals surface area contributed by atoms with Crippen molar-refractivity contribution in [2.24, 2.45) is 10.8 Å². The van der Waals surface area contributed by atoms with E-state index in [1.54, 1.807) is 4.90 Å². The molecule has 5 N–H and O–H groups in total. The zero-order valence-electron chi connectivity index (χ0n) is 34.6. The van der Waals surface area contributed by atoms with E-state index in [4.69, 9.17) is 23.2 Å². The molecule has 58 heavy (non-hydrogen) atoms. The normalized spacial score (nSPS) is 16.3. The molecule has 0 spiro atoms. The fraction of sp³-hybridized carbons (Fsp3) is 0.522. The number of hydrogen-bond acceptors (Lipinski definition) is 3. The molecule has 6 rings (SSSR count). The van der Waals surface area contributed by atoms with E-state index in [1.165, 1.54) is 33.6 Å². The van der Waals surface area contributed by atoms with Crippen molar-refractivity contribution >= 4 is 47.5 Å². The van der Waals surface area contributed by atoms with Crippen molar-refractivity contribution in [2.75, 3.05) is 13.1 Å². The van der Waals surface area contributed by atoms with E-state index in [9.17, 15) is 19.8 Å². The molecule has 4 aromatic rings. The highest BCUT2D eigenvalue weighted by Crippen LogP contribution is 2.36. The molecule has 2 aliphatic heterocycles. The summed E-state index contributed by atoms with van der Waals surface area (Å²) in [4.78, 5) is 33.4. The summed E-state index contributed by atoms with van der Waals surface area (Å²) < 4.78 is 0. The number of aliphatic carboxylic acids is 2. The zero-order chi connectivity index (χ0) is 40.3. The summed E-state index contributed by atoms with van der Waals surface area (Å²) in [7, 11) is 0. The summed E-state index contributed by atoms with van der Waals surface area (Å²) in [6, 6.07) is 21.5. The van der Waals surface area contributed by atoms with Gasteiger partial charge in [0.25, 0.3) is 0 Å². The summed E-state index contributed by atoms with van der Waals surface area (Å²) in [6.07, 6.45) is 15.9. The molecule has 2 aliphatic rings. The molecule has 0 radical (unpaired) electrons. The monoisotopic (exact) mass is 876 g/mol. The fourth-order valence-corrected chi connectivity index (χ4v) is 8.92. The molecule has 0 aliphatic carbocycles. The third kappa shape index (κ3) is 13.5. The van der Waals surface area contributed by atoms with Gasteiger partial charge in [-0.05, 0) is 88.8 Å². The number of carbonyl (C=O) groups is 2. The lowest BCUT2D eigenvalue weighted by atomic mass is 9.86. The van der Waals surface area contributed by atoms with Gasteiger partial charge in [-0.1, -0.05) is 91.7 Å². The maximum Gasteiger partial charge on any atom is 0.309 e. The first-order valence-electron chi connectivity index (χ1n) is 20.6. The highest BCUT2D eigenvalue weighted by Gasteiger charge is 2.31. The van der Waals surface area contributed by atoms with Crippen LogP contribution in [-0.2, 0) is 35.5 Å². The number of carboxylic acid groups (broad SMARTS) is 2. The Bertz CT molecular complexity index is 1740. The molecule has 0 amide bonds. The summed E-state index contributed by atoms with van der Waals surface area (Å²) >= 11 is 13.1. The van der Waals surface area contributed by atoms with Crippen LogP contribution in [0, 0.1) is 10.8 Å². The smallest absolute Gasteiger partial charge is 0.309 e. The highest BCUT2D eigenvalue weighted by atomic mass is 35.5. The largest absolute Gasteiger partial charge is 1.00 e. The van der Waals surface area contributed by atoms with Crippen LogP contribution in [0.5, 0.6) is 0 Å². The van der Waals surface area contributed by atoms with E-state index in [0.29, 0.717) is 12.1 Å². The first kappa shape index (κ1) is 49.4. The number of nitrogens with zero attached hydrogens (tertiary/aromatic N) is 1. The van der Waals surface area contributed by atoms with Gasteiger partial charge in [0.1, 0.15) is 12.6 Å². The molecule has 0 bridgehead atoms. The van der Waals surface area contributed by atoms with E-state index >= 15 is 0 Å². The minimum atomic E-state index is -0.711. The van der Waals surface area contributed by atoms with Crippen molar-refractivity contribution in [1.82, 2.24) is 14.9 Å². The van der Waals surface area contributed by atoms with E-state index in [1.807, 2.05) is 64.4 Å². The van der Waals surface area contributed by atoms with Gasteiger partial charge in [0.05, 0.1) is 17.4 Å². The van der Waals surface area contributed by atoms with E-state index < -0.39 is 22.8 Å². The van der Waals surface area contributed by atoms with Crippen molar-refractivity contribution in [3.63, 3.8) is 0 Å². The Morgan fingerprint density at radius 2 is 1.24 bits per heavy atom. The predicted molar refractivity (Wildman–Crippen MR) is 234 cm³/mol. The van der Waals surface area contributed by atoms with Crippen LogP contribution < -0.4 is 17.3 Å². The lowest BCUT2D eigenvalue weighted by Crippen LogP contribution is -3.12. The van der Waals surface area contributed by atoms with Gasteiger partial charge in [-0.15, -0.1) is 12.4 Å². The fourth-order valence-electron chi connectivity index (χ4n) is 8.39. The maximum absolute atomic E-state index is 11.3. The average molecular weight is 879 g/mol. The molecule has 0 saturated carbocycles. The average Bonchev–Trinajstić information content (AvgIpc) is 3.85. The minimum absolute atomic E-state index is 0. The van der Waals surface area contributed by atoms with Crippen LogP contribution in [0.25, 0.3) is 0 Å². The summed E-state index contributed by atoms with van der Waals surface area (Å²) in [5.41, 5.74) is 6.69. The minimum Gasteiger partial charge on any atom is -1.00 e. The summed E-state index contributed by atoms with van der Waals surface area (Å²) in [5.74, 6) is -1.42. The van der Waals surface area contributed by atoms with E-state index in [-0.39, 0.29) is 24.8 Å². The number of halogens is 4. The number of unbranched alkanes of at least 4 members (excludes halogenated alkanes) is 4. The second-order valence-electron chi connectivity index (χ2n) is 17.2. The molecular formula is C46H64Cl4N4O4. The maximum atomic E-state index is 11.3. The van der Waals surface area contributed by atoms with Crippen LogP contribution in [0.2, 0.25) is 10.0 Å². The Kier molecular flexibility index (Phi) is 19.7. The second-order valence-corrected chi connectivity index (χ2v) is 18.0. The van der Waals surface area contributed by atoms with E-state index in [0.717, 1.165) is 113 Å². The number of H-pyrrole nitrogens is 2. The Morgan fingerprint density at radius 1 is 0.724 bits per heavy atom. The molecule has 2 aromatic carbocycles. The molecule has 320 valence electrons. The first-order valence-corrected chi connectivity index (χ1v) is 21.4. The van der Waals surface area contributed by atoms with Gasteiger partial charge >= 0.3 is 11.9 Å². The number of aromatic nitrogens is 2. The number of nitrogens with one attached hydrogen (secondary N) is 3. The molecule has 0 saturated heterocycles. The lowest BCUT2D eigenvalue weighted by Gasteiger charge is -2.35. The van der Waals surface area contributed by atoms with Crippen LogP contribution in [0.1, 0.15) is 138 Å². The molecule has 4 heterocycles. The Hall–Kier alpha value is -2.98. The number of fused-ring (bicyclic) bond motifs is 2. The van der Waals surface area contributed by atoms with Gasteiger partial charge in [0.2, 0.25) is 0 Å². The predicted octanol–water partition coefficient (Wildman–Crippen LogP) is 7.67. The Morgan fingerprint density at radius 3 is 1.81 bits per heavy atom. The number of rotatable bonds is 18.